The molecule has 1 aliphatic heterocycles. The van der Waals surface area contributed by atoms with Gasteiger partial charge < -0.3 is 4.74 Å². The van der Waals surface area contributed by atoms with Gasteiger partial charge in [0.1, 0.15) is 11.5 Å². The van der Waals surface area contributed by atoms with E-state index in [-0.39, 0.29) is 29.7 Å². The van der Waals surface area contributed by atoms with E-state index in [4.69, 9.17) is 4.74 Å². The van der Waals surface area contributed by atoms with Gasteiger partial charge in [-0.15, -0.1) is 0 Å². The molecule has 1 aliphatic rings. The molecular formula is C20H25NO5S2. The Morgan fingerprint density at radius 3 is 2.21 bits per heavy atom. The van der Waals surface area contributed by atoms with Gasteiger partial charge in [0.15, 0.2) is 9.84 Å². The first kappa shape index (κ1) is 20.8. The number of aryl methyl sites for hydroxylation is 1. The number of hydrogen-bond acceptors (Lipinski definition) is 5. The highest BCUT2D eigenvalue weighted by Crippen LogP contribution is 2.28. The molecule has 0 atom stereocenters. The average molecular weight is 424 g/mol. The average Bonchev–Trinajstić information content (AvgIpc) is 2.52. The first-order chi connectivity index (χ1) is 13.1. The molecule has 2 aromatic rings. The Labute approximate surface area is 167 Å². The van der Waals surface area contributed by atoms with E-state index in [1.165, 1.54) is 16.4 Å². The Hall–Kier alpha value is -1.90. The largest absolute Gasteiger partial charge is 0.457 e. The van der Waals surface area contributed by atoms with E-state index in [1.54, 1.807) is 12.1 Å². The molecule has 0 bridgehead atoms. The third-order valence-corrected chi connectivity index (χ3v) is 8.87. The van der Waals surface area contributed by atoms with Crippen molar-refractivity contribution in [1.82, 2.24) is 4.31 Å². The van der Waals surface area contributed by atoms with Gasteiger partial charge in [-0.05, 0) is 54.8 Å². The molecule has 28 heavy (non-hydrogen) atoms. The van der Waals surface area contributed by atoms with Crippen molar-refractivity contribution in [3.8, 4) is 11.5 Å². The summed E-state index contributed by atoms with van der Waals surface area (Å²) < 4.78 is 56.9. The highest BCUT2D eigenvalue weighted by Gasteiger charge is 2.43. The molecule has 6 nitrogen and oxygen atoms in total. The summed E-state index contributed by atoms with van der Waals surface area (Å²) in [5.41, 5.74) is 1.07. The van der Waals surface area contributed by atoms with Gasteiger partial charge in [-0.25, -0.2) is 16.8 Å². The number of sulfonamides is 1. The van der Waals surface area contributed by atoms with Crippen molar-refractivity contribution in [2.24, 2.45) is 5.92 Å². The van der Waals surface area contributed by atoms with Crippen molar-refractivity contribution in [2.75, 3.05) is 18.8 Å². The van der Waals surface area contributed by atoms with Crippen LogP contribution in [0.1, 0.15) is 19.4 Å². The zero-order valence-electron chi connectivity index (χ0n) is 16.2. The Balaban J connectivity index is 1.67. The van der Waals surface area contributed by atoms with Gasteiger partial charge in [0.2, 0.25) is 10.0 Å². The number of rotatable bonds is 7. The topological polar surface area (TPSA) is 80.8 Å². The fourth-order valence-electron chi connectivity index (χ4n) is 3.07. The number of ether oxygens (including phenoxy) is 1. The SMILES string of the molecule is Cc1cccc(Oc2ccc(S(=O)(=O)N3CC(S(=O)(=O)CC(C)C)C3)cc2)c1. The summed E-state index contributed by atoms with van der Waals surface area (Å²) in [5.74, 6) is 1.31. The van der Waals surface area contributed by atoms with Crippen LogP contribution in [-0.2, 0) is 19.9 Å². The van der Waals surface area contributed by atoms with Crippen LogP contribution in [0.2, 0.25) is 0 Å². The maximum Gasteiger partial charge on any atom is 0.243 e. The van der Waals surface area contributed by atoms with Gasteiger partial charge in [0.05, 0.1) is 15.9 Å². The molecule has 8 heteroatoms. The molecule has 0 spiro atoms. The standard InChI is InChI=1S/C20H25NO5S2/c1-15(2)14-27(22,23)20-12-21(13-20)28(24,25)19-9-7-17(8-10-19)26-18-6-4-5-16(3)11-18/h4-11,15,20H,12-14H2,1-3H3. The van der Waals surface area contributed by atoms with E-state index in [2.05, 4.69) is 0 Å². The third kappa shape index (κ3) is 4.56. The molecule has 1 saturated heterocycles. The predicted molar refractivity (Wildman–Crippen MR) is 109 cm³/mol. The molecule has 0 saturated carbocycles. The lowest BCUT2D eigenvalue weighted by atomic mass is 10.2. The van der Waals surface area contributed by atoms with E-state index in [0.717, 1.165) is 5.56 Å². The van der Waals surface area contributed by atoms with Crippen molar-refractivity contribution in [2.45, 2.75) is 30.9 Å². The second kappa shape index (κ2) is 7.85. The lowest BCUT2D eigenvalue weighted by Gasteiger charge is -2.37. The normalized spacial score (nSPS) is 16.1. The van der Waals surface area contributed by atoms with Gasteiger partial charge in [-0.3, -0.25) is 0 Å². The Morgan fingerprint density at radius 1 is 1.00 bits per heavy atom. The van der Waals surface area contributed by atoms with Gasteiger partial charge in [0.25, 0.3) is 0 Å². The lowest BCUT2D eigenvalue weighted by molar-refractivity contribution is 0.309. The smallest absolute Gasteiger partial charge is 0.243 e. The van der Waals surface area contributed by atoms with Crippen LogP contribution < -0.4 is 4.74 Å². The zero-order chi connectivity index (χ0) is 20.5. The summed E-state index contributed by atoms with van der Waals surface area (Å²) in [5, 5.41) is -0.617. The number of nitrogens with zero attached hydrogens (tertiary/aromatic N) is 1. The predicted octanol–water partition coefficient (Wildman–Crippen LogP) is 3.23. The maximum absolute atomic E-state index is 12.7. The summed E-state index contributed by atoms with van der Waals surface area (Å²) in [6.07, 6.45) is 0. The van der Waals surface area contributed by atoms with Crippen LogP contribution in [0.15, 0.2) is 53.4 Å². The quantitative estimate of drug-likeness (QED) is 0.683. The van der Waals surface area contributed by atoms with Gasteiger partial charge in [-0.2, -0.15) is 4.31 Å². The molecule has 0 unspecified atom stereocenters. The summed E-state index contributed by atoms with van der Waals surface area (Å²) >= 11 is 0. The Kier molecular flexibility index (Phi) is 5.84. The van der Waals surface area contributed by atoms with Crippen LogP contribution in [-0.4, -0.2) is 45.2 Å². The molecule has 1 fully saturated rings. The van der Waals surface area contributed by atoms with Crippen LogP contribution in [0.3, 0.4) is 0 Å². The highest BCUT2D eigenvalue weighted by atomic mass is 32.2. The lowest BCUT2D eigenvalue weighted by Crippen LogP contribution is -2.57. The summed E-state index contributed by atoms with van der Waals surface area (Å²) in [7, 11) is -6.98. The molecule has 0 radical (unpaired) electrons. The molecular weight excluding hydrogens is 398 g/mol. The zero-order valence-corrected chi connectivity index (χ0v) is 17.8. The van der Waals surface area contributed by atoms with Crippen LogP contribution in [0.5, 0.6) is 11.5 Å². The van der Waals surface area contributed by atoms with Crippen molar-refractivity contribution in [3.05, 3.63) is 54.1 Å². The van der Waals surface area contributed by atoms with Gasteiger partial charge >= 0.3 is 0 Å². The molecule has 0 aromatic heterocycles. The van der Waals surface area contributed by atoms with E-state index in [9.17, 15) is 16.8 Å². The van der Waals surface area contributed by atoms with Gasteiger partial charge in [-0.1, -0.05) is 26.0 Å². The number of hydrogen-bond donors (Lipinski definition) is 0. The van der Waals surface area contributed by atoms with Crippen LogP contribution in [0.4, 0.5) is 0 Å². The highest BCUT2D eigenvalue weighted by molar-refractivity contribution is 7.92. The van der Waals surface area contributed by atoms with Crippen molar-refractivity contribution in [3.63, 3.8) is 0 Å². The summed E-state index contributed by atoms with van der Waals surface area (Å²) in [4.78, 5) is 0.129. The minimum atomic E-state index is -3.71. The van der Waals surface area contributed by atoms with Crippen LogP contribution in [0, 0.1) is 12.8 Å². The molecule has 0 aliphatic carbocycles. The first-order valence-corrected chi connectivity index (χ1v) is 12.3. The van der Waals surface area contributed by atoms with E-state index >= 15 is 0 Å². The van der Waals surface area contributed by atoms with Crippen LogP contribution >= 0.6 is 0 Å². The fourth-order valence-corrected chi connectivity index (χ4v) is 6.80. The van der Waals surface area contributed by atoms with E-state index in [1.807, 2.05) is 45.0 Å². The third-order valence-electron chi connectivity index (χ3n) is 4.57. The van der Waals surface area contributed by atoms with Crippen molar-refractivity contribution in [1.29, 1.82) is 0 Å². The van der Waals surface area contributed by atoms with E-state index in [0.29, 0.717) is 11.5 Å². The fraction of sp³-hybridized carbons (Fsp3) is 0.400. The molecule has 1 heterocycles. The summed E-state index contributed by atoms with van der Waals surface area (Å²) in [6, 6.07) is 13.7. The van der Waals surface area contributed by atoms with Gasteiger partial charge in [0, 0.05) is 13.1 Å². The maximum atomic E-state index is 12.7. The minimum absolute atomic E-state index is 0.0128. The number of sulfone groups is 1. The molecule has 152 valence electrons. The molecule has 0 amide bonds. The van der Waals surface area contributed by atoms with Crippen molar-refractivity contribution >= 4 is 19.9 Å². The van der Waals surface area contributed by atoms with Crippen molar-refractivity contribution < 1.29 is 21.6 Å². The van der Waals surface area contributed by atoms with E-state index < -0.39 is 25.1 Å². The first-order valence-electron chi connectivity index (χ1n) is 9.14. The molecule has 2 aromatic carbocycles. The number of benzene rings is 2. The summed E-state index contributed by atoms with van der Waals surface area (Å²) in [6.45, 7) is 5.66. The molecule has 0 N–H and O–H groups in total. The second-order valence-electron chi connectivity index (χ2n) is 7.56. The Morgan fingerprint density at radius 2 is 1.64 bits per heavy atom. The van der Waals surface area contributed by atoms with Crippen LogP contribution in [0.25, 0.3) is 0 Å². The monoisotopic (exact) mass is 423 g/mol. The minimum Gasteiger partial charge on any atom is -0.457 e. The second-order valence-corrected chi connectivity index (χ2v) is 11.8. The Bertz CT molecular complexity index is 1040. The molecule has 3 rings (SSSR count).